The van der Waals surface area contributed by atoms with Gasteiger partial charge in [0.25, 0.3) is 10.0 Å². The number of sulfonamides is 1. The highest BCUT2D eigenvalue weighted by atomic mass is 32.2. The fraction of sp³-hybridized carbons (Fsp3) is 0.714. The summed E-state index contributed by atoms with van der Waals surface area (Å²) in [4.78, 5) is 0. The monoisotopic (exact) mass is 332 g/mol. The van der Waals surface area contributed by atoms with Gasteiger partial charge in [-0.15, -0.1) is 11.3 Å². The second-order valence-electron chi connectivity index (χ2n) is 5.53. The van der Waals surface area contributed by atoms with Crippen molar-refractivity contribution in [3.8, 4) is 0 Å². The molecule has 120 valence electrons. The van der Waals surface area contributed by atoms with Gasteiger partial charge in [-0.05, 0) is 43.8 Å². The zero-order chi connectivity index (χ0) is 15.5. The first-order valence-corrected chi connectivity index (χ1v) is 9.69. The first kappa shape index (κ1) is 16.9. The number of ether oxygens (including phenoxy) is 1. The fourth-order valence-electron chi connectivity index (χ4n) is 2.44. The molecular weight excluding hydrogens is 308 g/mol. The number of nitrogens with zero attached hydrogens (tertiary/aromatic N) is 1. The van der Waals surface area contributed by atoms with Crippen LogP contribution in [0.15, 0.2) is 15.7 Å². The van der Waals surface area contributed by atoms with Gasteiger partial charge in [-0.25, -0.2) is 8.42 Å². The van der Waals surface area contributed by atoms with E-state index in [1.54, 1.807) is 10.4 Å². The zero-order valence-corrected chi connectivity index (χ0v) is 14.5. The van der Waals surface area contributed by atoms with Crippen LogP contribution < -0.4 is 5.32 Å². The molecule has 0 aliphatic carbocycles. The van der Waals surface area contributed by atoms with Crippen LogP contribution in [0.2, 0.25) is 0 Å². The van der Waals surface area contributed by atoms with Gasteiger partial charge >= 0.3 is 0 Å². The van der Waals surface area contributed by atoms with Crippen LogP contribution in [0.1, 0.15) is 32.8 Å². The molecule has 21 heavy (non-hydrogen) atoms. The van der Waals surface area contributed by atoms with Crippen LogP contribution in [0.4, 0.5) is 0 Å². The van der Waals surface area contributed by atoms with Gasteiger partial charge in [0.05, 0.1) is 12.2 Å². The lowest BCUT2D eigenvalue weighted by Crippen LogP contribution is -2.47. The highest BCUT2D eigenvalue weighted by molar-refractivity contribution is 7.91. The number of nitrogens with one attached hydrogen (secondary N) is 1. The minimum atomic E-state index is -3.39. The van der Waals surface area contributed by atoms with Crippen LogP contribution in [0.5, 0.6) is 0 Å². The summed E-state index contributed by atoms with van der Waals surface area (Å²) in [6.07, 6.45) is 0.946. The Morgan fingerprint density at radius 3 is 2.67 bits per heavy atom. The molecule has 1 aliphatic rings. The maximum Gasteiger partial charge on any atom is 0.252 e. The van der Waals surface area contributed by atoms with E-state index in [1.807, 2.05) is 19.2 Å². The average Bonchev–Trinajstić information content (AvgIpc) is 2.87. The van der Waals surface area contributed by atoms with Crippen LogP contribution in [-0.2, 0) is 21.3 Å². The molecule has 2 atom stereocenters. The lowest BCUT2D eigenvalue weighted by atomic mass is 10.3. The van der Waals surface area contributed by atoms with E-state index in [1.165, 1.54) is 11.3 Å². The molecule has 1 saturated heterocycles. The van der Waals surface area contributed by atoms with E-state index in [9.17, 15) is 8.42 Å². The van der Waals surface area contributed by atoms with Crippen molar-refractivity contribution in [2.24, 2.45) is 0 Å². The molecule has 0 radical (unpaired) electrons. The van der Waals surface area contributed by atoms with Crippen LogP contribution in [0.25, 0.3) is 0 Å². The lowest BCUT2D eigenvalue weighted by Gasteiger charge is -2.34. The first-order valence-electron chi connectivity index (χ1n) is 7.37. The Bertz CT molecular complexity index is 546. The molecule has 2 unspecified atom stereocenters. The summed E-state index contributed by atoms with van der Waals surface area (Å²) in [5.74, 6) is 0. The Hall–Kier alpha value is -0.470. The zero-order valence-electron chi connectivity index (χ0n) is 12.8. The van der Waals surface area contributed by atoms with Crippen molar-refractivity contribution < 1.29 is 13.2 Å². The van der Waals surface area contributed by atoms with Gasteiger partial charge in [0.2, 0.25) is 0 Å². The van der Waals surface area contributed by atoms with Crippen molar-refractivity contribution in [3.05, 3.63) is 17.0 Å². The van der Waals surface area contributed by atoms with E-state index < -0.39 is 10.0 Å². The largest absolute Gasteiger partial charge is 0.373 e. The van der Waals surface area contributed by atoms with Crippen molar-refractivity contribution >= 4 is 21.4 Å². The molecule has 1 aliphatic heterocycles. The Kier molecular flexibility index (Phi) is 5.79. The molecule has 1 fully saturated rings. The third-order valence-corrected chi connectivity index (χ3v) is 6.66. The maximum atomic E-state index is 12.7. The summed E-state index contributed by atoms with van der Waals surface area (Å²) in [5, 5.41) is 5.21. The maximum absolute atomic E-state index is 12.7. The highest BCUT2D eigenvalue weighted by Gasteiger charge is 2.33. The van der Waals surface area contributed by atoms with Gasteiger partial charge in [-0.3, -0.25) is 0 Å². The lowest BCUT2D eigenvalue weighted by molar-refractivity contribution is -0.0440. The Morgan fingerprint density at radius 2 is 2.05 bits per heavy atom. The molecule has 0 amide bonds. The number of thiophene rings is 1. The molecular formula is C14H24N2O3S2. The SMILES string of the molecule is CCCNCc1csc(S(=O)(=O)N2CC(C)OC(C)C2)c1. The van der Waals surface area contributed by atoms with Gasteiger partial charge in [-0.1, -0.05) is 6.92 Å². The molecule has 2 heterocycles. The third kappa shape index (κ3) is 4.26. The summed E-state index contributed by atoms with van der Waals surface area (Å²) in [7, 11) is -3.39. The predicted molar refractivity (Wildman–Crippen MR) is 85.1 cm³/mol. The van der Waals surface area contributed by atoms with Gasteiger partial charge in [0.15, 0.2) is 0 Å². The number of hydrogen-bond acceptors (Lipinski definition) is 5. The highest BCUT2D eigenvalue weighted by Crippen LogP contribution is 2.26. The summed E-state index contributed by atoms with van der Waals surface area (Å²) >= 11 is 1.30. The van der Waals surface area contributed by atoms with E-state index in [4.69, 9.17) is 4.74 Å². The van der Waals surface area contributed by atoms with Gasteiger partial charge in [0.1, 0.15) is 4.21 Å². The Labute approximate surface area is 131 Å². The molecule has 0 spiro atoms. The van der Waals surface area contributed by atoms with Crippen LogP contribution in [-0.4, -0.2) is 44.6 Å². The van der Waals surface area contributed by atoms with Crippen LogP contribution in [0, 0.1) is 0 Å². The molecule has 0 aromatic carbocycles. The summed E-state index contributed by atoms with van der Waals surface area (Å²) in [5.41, 5.74) is 1.03. The van der Waals surface area contributed by atoms with Gasteiger partial charge in [-0.2, -0.15) is 4.31 Å². The van der Waals surface area contributed by atoms with Crippen molar-refractivity contribution in [1.82, 2.24) is 9.62 Å². The molecule has 0 saturated carbocycles. The fourth-order valence-corrected chi connectivity index (χ4v) is 5.40. The van der Waals surface area contributed by atoms with E-state index in [0.29, 0.717) is 17.3 Å². The minimum Gasteiger partial charge on any atom is -0.373 e. The summed E-state index contributed by atoms with van der Waals surface area (Å²) in [6, 6.07) is 1.79. The normalized spacial score (nSPS) is 24.3. The number of rotatable bonds is 6. The van der Waals surface area contributed by atoms with E-state index in [-0.39, 0.29) is 12.2 Å². The van der Waals surface area contributed by atoms with E-state index in [2.05, 4.69) is 12.2 Å². The van der Waals surface area contributed by atoms with Gasteiger partial charge in [0, 0.05) is 19.6 Å². The van der Waals surface area contributed by atoms with E-state index in [0.717, 1.165) is 25.1 Å². The molecule has 0 bridgehead atoms. The number of hydrogen-bond donors (Lipinski definition) is 1. The standard InChI is InChI=1S/C14H24N2O3S2/c1-4-5-15-7-13-6-14(20-10-13)21(17,18)16-8-11(2)19-12(3)9-16/h6,10-12,15H,4-5,7-9H2,1-3H3. The molecule has 7 heteroatoms. The Balaban J connectivity index is 2.08. The smallest absolute Gasteiger partial charge is 0.252 e. The summed E-state index contributed by atoms with van der Waals surface area (Å²) < 4.78 is 32.9. The first-order chi connectivity index (χ1) is 9.93. The van der Waals surface area contributed by atoms with Gasteiger partial charge < -0.3 is 10.1 Å². The van der Waals surface area contributed by atoms with Crippen molar-refractivity contribution in [1.29, 1.82) is 0 Å². The quantitative estimate of drug-likeness (QED) is 0.810. The van der Waals surface area contributed by atoms with Crippen molar-refractivity contribution in [3.63, 3.8) is 0 Å². The van der Waals surface area contributed by atoms with Crippen molar-refractivity contribution in [2.45, 2.75) is 50.2 Å². The third-order valence-electron chi connectivity index (χ3n) is 3.37. The molecule has 1 aromatic heterocycles. The number of morpholine rings is 1. The molecule has 2 rings (SSSR count). The second-order valence-corrected chi connectivity index (χ2v) is 8.61. The molecule has 1 aromatic rings. The predicted octanol–water partition coefficient (Wildman–Crippen LogP) is 2.05. The van der Waals surface area contributed by atoms with Crippen LogP contribution >= 0.6 is 11.3 Å². The topological polar surface area (TPSA) is 58.6 Å². The van der Waals surface area contributed by atoms with Crippen molar-refractivity contribution in [2.75, 3.05) is 19.6 Å². The van der Waals surface area contributed by atoms with Crippen LogP contribution in [0.3, 0.4) is 0 Å². The second kappa shape index (κ2) is 7.19. The molecule has 5 nitrogen and oxygen atoms in total. The Morgan fingerprint density at radius 1 is 1.38 bits per heavy atom. The minimum absolute atomic E-state index is 0.0609. The van der Waals surface area contributed by atoms with E-state index >= 15 is 0 Å². The average molecular weight is 332 g/mol. The molecule has 1 N–H and O–H groups in total. The summed E-state index contributed by atoms with van der Waals surface area (Å²) in [6.45, 7) is 8.44.